The first-order chi connectivity index (χ1) is 10.4. The van der Waals surface area contributed by atoms with Crippen LogP contribution >= 0.6 is 0 Å². The lowest BCUT2D eigenvalue weighted by molar-refractivity contribution is -0.138. The minimum absolute atomic E-state index is 0.437. The molecule has 1 atom stereocenters. The molecule has 0 aromatic heterocycles. The van der Waals surface area contributed by atoms with Gasteiger partial charge in [-0.05, 0) is 43.0 Å². The Hall–Kier alpha value is -2.54. The average molecular weight is 309 g/mol. The quantitative estimate of drug-likeness (QED) is 0.311. The second kappa shape index (κ2) is 8.68. The van der Waals surface area contributed by atoms with Crippen molar-refractivity contribution in [1.29, 1.82) is 0 Å². The van der Waals surface area contributed by atoms with E-state index in [1.165, 1.54) is 6.08 Å². The zero-order valence-electron chi connectivity index (χ0n) is 11.9. The fraction of sp³-hybridized carbons (Fsp3) is 0.333. The van der Waals surface area contributed by atoms with Gasteiger partial charge in [0.05, 0.1) is 6.61 Å². The molecule has 5 N–H and O–H groups in total. The summed E-state index contributed by atoms with van der Waals surface area (Å²) >= 11 is 0. The van der Waals surface area contributed by atoms with Gasteiger partial charge >= 0.3 is 11.9 Å². The average Bonchev–Trinajstić information content (AvgIpc) is 2.50. The Morgan fingerprint density at radius 2 is 1.77 bits per heavy atom. The number of rotatable bonds is 9. The van der Waals surface area contributed by atoms with Gasteiger partial charge in [0.2, 0.25) is 0 Å². The van der Waals surface area contributed by atoms with Crippen LogP contribution in [-0.2, 0) is 9.59 Å². The van der Waals surface area contributed by atoms with Crippen LogP contribution in [0.1, 0.15) is 30.9 Å². The monoisotopic (exact) mass is 309 g/mol. The molecule has 0 saturated heterocycles. The molecule has 1 aromatic rings. The first-order valence-electron chi connectivity index (χ1n) is 6.75. The molecule has 0 bridgehead atoms. The van der Waals surface area contributed by atoms with E-state index in [1.54, 1.807) is 24.3 Å². The lowest BCUT2D eigenvalue weighted by atomic mass is 10.1. The number of carboxylic acid groups (broad SMARTS) is 2. The number of nitrogens with two attached hydrogens (primary N) is 1. The number of hydrogen-bond acceptors (Lipinski definition) is 5. The van der Waals surface area contributed by atoms with Gasteiger partial charge in [0, 0.05) is 0 Å². The molecule has 7 nitrogen and oxygen atoms in total. The number of ether oxygens (including phenoxy) is 1. The SMILES string of the molecule is NC(C(=O)O)c1ccc(OCCCC/C=C(\O)C(=O)O)cc1. The van der Waals surface area contributed by atoms with E-state index in [1.807, 2.05) is 0 Å². The van der Waals surface area contributed by atoms with Crippen molar-refractivity contribution in [2.75, 3.05) is 6.61 Å². The molecule has 1 rings (SSSR count). The molecule has 1 unspecified atom stereocenters. The lowest BCUT2D eigenvalue weighted by Gasteiger charge is -2.09. The van der Waals surface area contributed by atoms with Crippen molar-refractivity contribution in [2.24, 2.45) is 5.73 Å². The first-order valence-corrected chi connectivity index (χ1v) is 6.75. The van der Waals surface area contributed by atoms with Gasteiger partial charge in [0.1, 0.15) is 11.8 Å². The Balaban J connectivity index is 2.30. The highest BCUT2D eigenvalue weighted by atomic mass is 16.5. The summed E-state index contributed by atoms with van der Waals surface area (Å²) in [6.45, 7) is 0.437. The molecule has 7 heteroatoms. The highest BCUT2D eigenvalue weighted by molar-refractivity contribution is 5.83. The molecule has 1 aromatic carbocycles. The van der Waals surface area contributed by atoms with Crippen LogP contribution in [0.3, 0.4) is 0 Å². The van der Waals surface area contributed by atoms with Gasteiger partial charge < -0.3 is 25.8 Å². The van der Waals surface area contributed by atoms with Gasteiger partial charge in [0.15, 0.2) is 5.76 Å². The number of allylic oxidation sites excluding steroid dienone is 1. The minimum atomic E-state index is -1.34. The summed E-state index contributed by atoms with van der Waals surface area (Å²) in [6.07, 6.45) is 3.08. The predicted molar refractivity (Wildman–Crippen MR) is 78.7 cm³/mol. The molecule has 0 radical (unpaired) electrons. The molecule has 0 aliphatic rings. The standard InChI is InChI=1S/C15H19NO6/c16-13(15(20)21)10-5-7-11(8-6-10)22-9-3-1-2-4-12(17)14(18)19/h4-8,13,17H,1-3,9,16H2,(H,18,19)(H,20,21)/b12-4-. The Morgan fingerprint density at radius 1 is 1.14 bits per heavy atom. The van der Waals surface area contributed by atoms with E-state index >= 15 is 0 Å². The van der Waals surface area contributed by atoms with E-state index in [2.05, 4.69) is 0 Å². The van der Waals surface area contributed by atoms with Crippen molar-refractivity contribution >= 4 is 11.9 Å². The summed E-state index contributed by atoms with van der Waals surface area (Å²) in [5.41, 5.74) is 5.98. The smallest absolute Gasteiger partial charge is 0.370 e. The van der Waals surface area contributed by atoms with E-state index < -0.39 is 23.7 Å². The molecule has 22 heavy (non-hydrogen) atoms. The van der Waals surface area contributed by atoms with Crippen LogP contribution in [-0.4, -0.2) is 33.9 Å². The van der Waals surface area contributed by atoms with Crippen molar-refractivity contribution in [2.45, 2.75) is 25.3 Å². The maximum Gasteiger partial charge on any atom is 0.370 e. The number of carbonyl (C=O) groups is 2. The van der Waals surface area contributed by atoms with Crippen LogP contribution in [0.2, 0.25) is 0 Å². The molecule has 0 aliphatic heterocycles. The largest absolute Gasteiger partial charge is 0.502 e. The van der Waals surface area contributed by atoms with E-state index in [4.69, 9.17) is 25.8 Å². The molecule has 0 amide bonds. The van der Waals surface area contributed by atoms with E-state index in [0.717, 1.165) is 0 Å². The first kappa shape index (κ1) is 17.5. The zero-order valence-corrected chi connectivity index (χ0v) is 11.9. The van der Waals surface area contributed by atoms with Gasteiger partial charge in [-0.1, -0.05) is 12.1 Å². The van der Waals surface area contributed by atoms with Gasteiger partial charge in [0.25, 0.3) is 0 Å². The summed E-state index contributed by atoms with van der Waals surface area (Å²) in [6, 6.07) is 5.44. The highest BCUT2D eigenvalue weighted by Gasteiger charge is 2.13. The molecule has 0 aliphatic carbocycles. The maximum absolute atomic E-state index is 10.7. The molecule has 0 spiro atoms. The number of benzene rings is 1. The molecule has 120 valence electrons. The molecular formula is C15H19NO6. The normalized spacial score (nSPS) is 12.7. The number of unbranched alkanes of at least 4 members (excludes halogenated alkanes) is 2. The van der Waals surface area contributed by atoms with E-state index in [-0.39, 0.29) is 0 Å². The van der Waals surface area contributed by atoms with Gasteiger partial charge in [-0.25, -0.2) is 4.79 Å². The Kier molecular flexibility index (Phi) is 6.91. The summed E-state index contributed by atoms with van der Waals surface area (Å²) in [5, 5.41) is 26.2. The van der Waals surface area contributed by atoms with Crippen molar-refractivity contribution in [1.82, 2.24) is 0 Å². The number of hydrogen-bond donors (Lipinski definition) is 4. The number of aliphatic hydroxyl groups excluding tert-OH is 1. The summed E-state index contributed by atoms with van der Waals surface area (Å²) < 4.78 is 5.47. The Labute approximate surface area is 127 Å². The van der Waals surface area contributed by atoms with Crippen molar-refractivity contribution in [3.63, 3.8) is 0 Å². The lowest BCUT2D eigenvalue weighted by Crippen LogP contribution is -2.20. The van der Waals surface area contributed by atoms with Crippen molar-refractivity contribution in [3.05, 3.63) is 41.7 Å². The topological polar surface area (TPSA) is 130 Å². The third kappa shape index (κ3) is 5.84. The summed E-state index contributed by atoms with van der Waals surface area (Å²) in [5.74, 6) is -2.47. The van der Waals surface area contributed by atoms with E-state index in [0.29, 0.717) is 37.2 Å². The van der Waals surface area contributed by atoms with E-state index in [9.17, 15) is 9.59 Å². The molecular weight excluding hydrogens is 290 g/mol. The summed E-state index contributed by atoms with van der Waals surface area (Å²) in [7, 11) is 0. The molecule has 0 saturated carbocycles. The molecule has 0 heterocycles. The van der Waals surface area contributed by atoms with Gasteiger partial charge in [-0.2, -0.15) is 0 Å². The van der Waals surface area contributed by atoms with Gasteiger partial charge in [-0.15, -0.1) is 0 Å². The minimum Gasteiger partial charge on any atom is -0.502 e. The maximum atomic E-state index is 10.7. The van der Waals surface area contributed by atoms with Crippen LogP contribution in [0.5, 0.6) is 5.75 Å². The van der Waals surface area contributed by atoms with Crippen LogP contribution in [0, 0.1) is 0 Å². The zero-order chi connectivity index (χ0) is 16.5. The fourth-order valence-electron chi connectivity index (χ4n) is 1.68. The van der Waals surface area contributed by atoms with Crippen molar-refractivity contribution < 1.29 is 29.6 Å². The highest BCUT2D eigenvalue weighted by Crippen LogP contribution is 2.17. The second-order valence-electron chi connectivity index (χ2n) is 4.62. The number of carboxylic acids is 2. The third-order valence-electron chi connectivity index (χ3n) is 2.93. The van der Waals surface area contributed by atoms with Crippen LogP contribution in [0.15, 0.2) is 36.1 Å². The van der Waals surface area contributed by atoms with Crippen molar-refractivity contribution in [3.8, 4) is 5.75 Å². The number of aliphatic hydroxyl groups is 1. The van der Waals surface area contributed by atoms with Crippen LogP contribution < -0.4 is 10.5 Å². The second-order valence-corrected chi connectivity index (χ2v) is 4.62. The third-order valence-corrected chi connectivity index (χ3v) is 2.93. The Bertz CT molecular complexity index is 537. The fourth-order valence-corrected chi connectivity index (χ4v) is 1.68. The predicted octanol–water partition coefficient (Wildman–Crippen LogP) is 1.85. The van der Waals surface area contributed by atoms with Crippen LogP contribution in [0.4, 0.5) is 0 Å². The Morgan fingerprint density at radius 3 is 2.32 bits per heavy atom. The summed E-state index contributed by atoms with van der Waals surface area (Å²) in [4.78, 5) is 21.1. The number of aliphatic carboxylic acids is 2. The van der Waals surface area contributed by atoms with Gasteiger partial charge in [-0.3, -0.25) is 4.79 Å². The molecule has 0 fully saturated rings. The van der Waals surface area contributed by atoms with Crippen LogP contribution in [0.25, 0.3) is 0 Å².